The Morgan fingerprint density at radius 1 is 0.721 bits per heavy atom. The van der Waals surface area contributed by atoms with Gasteiger partial charge in [0.1, 0.15) is 35.9 Å². The van der Waals surface area contributed by atoms with Gasteiger partial charge >= 0.3 is 11.9 Å². The molecular weight excluding hydrogens is 812 g/mol. The number of hydrogen-bond acceptors (Lipinski definition) is 6. The Balaban J connectivity index is 2.47. The summed E-state index contributed by atoms with van der Waals surface area (Å²) in [5, 5.41) is 0. The monoisotopic (exact) mass is 848 g/mol. The van der Waals surface area contributed by atoms with E-state index in [-0.39, 0.29) is 0 Å². The first-order valence-corrected chi connectivity index (χ1v) is 17.2. The summed E-state index contributed by atoms with van der Waals surface area (Å²) in [6.45, 7) is 22.5. The minimum absolute atomic E-state index is 0.340. The first-order chi connectivity index (χ1) is 20.0. The van der Waals surface area contributed by atoms with Crippen LogP contribution in [0, 0.1) is 0 Å². The quantitative estimate of drug-likeness (QED) is 0.139. The van der Waals surface area contributed by atoms with Gasteiger partial charge < -0.3 is 18.9 Å². The summed E-state index contributed by atoms with van der Waals surface area (Å²) in [4.78, 5) is 24.4. The molecule has 0 aliphatic carbocycles. The maximum absolute atomic E-state index is 12.2. The minimum atomic E-state index is -0.533. The van der Waals surface area contributed by atoms with Crippen molar-refractivity contribution in [2.24, 2.45) is 0 Å². The Kier molecular flexibility index (Phi) is 14.1. The molecule has 0 saturated carbocycles. The second kappa shape index (κ2) is 16.1. The highest BCUT2D eigenvalue weighted by molar-refractivity contribution is 9.11. The number of carbonyl (C=O) groups is 2. The molecular formula is C33H40Br4O6. The first kappa shape index (κ1) is 37.6. The fraction of sp³-hybridized carbons (Fsp3) is 0.455. The molecule has 2 aromatic rings. The van der Waals surface area contributed by atoms with Crippen molar-refractivity contribution >= 4 is 75.7 Å². The lowest BCUT2D eigenvalue weighted by Crippen LogP contribution is -2.33. The molecule has 0 bridgehead atoms. The van der Waals surface area contributed by atoms with Crippen LogP contribution in [-0.2, 0) is 24.5 Å². The summed E-state index contributed by atoms with van der Waals surface area (Å²) in [7, 11) is 0. The topological polar surface area (TPSA) is 71.1 Å². The molecule has 0 spiro atoms. The van der Waals surface area contributed by atoms with E-state index in [1.54, 1.807) is 13.8 Å². The second-order valence-corrected chi connectivity index (χ2v) is 14.3. The minimum Gasteiger partial charge on any atom is -0.484 e. The van der Waals surface area contributed by atoms with E-state index in [2.05, 4.69) is 90.7 Å². The zero-order valence-electron chi connectivity index (χ0n) is 25.9. The predicted molar refractivity (Wildman–Crippen MR) is 186 cm³/mol. The number of rotatable bonds is 14. The molecule has 0 aromatic heterocycles. The highest BCUT2D eigenvalue weighted by Gasteiger charge is 2.33. The van der Waals surface area contributed by atoms with Crippen molar-refractivity contribution in [3.05, 3.63) is 77.6 Å². The van der Waals surface area contributed by atoms with Crippen molar-refractivity contribution in [2.45, 2.75) is 98.1 Å². The molecule has 0 fully saturated rings. The van der Waals surface area contributed by atoms with Gasteiger partial charge in [0.15, 0.2) is 0 Å². The molecule has 2 rings (SSSR count). The fourth-order valence-electron chi connectivity index (χ4n) is 4.41. The van der Waals surface area contributed by atoms with E-state index < -0.39 is 41.8 Å². The highest BCUT2D eigenvalue weighted by Crippen LogP contribution is 2.48. The van der Waals surface area contributed by atoms with Gasteiger partial charge in [-0.25, -0.2) is 9.59 Å². The lowest BCUT2D eigenvalue weighted by Gasteiger charge is -2.32. The van der Waals surface area contributed by atoms with Gasteiger partial charge in [-0.3, -0.25) is 0 Å². The second-order valence-electron chi connectivity index (χ2n) is 11.0. The molecule has 0 aliphatic rings. The van der Waals surface area contributed by atoms with Gasteiger partial charge in [0.25, 0.3) is 0 Å². The zero-order valence-corrected chi connectivity index (χ0v) is 32.3. The Labute approximate surface area is 289 Å². The average molecular weight is 852 g/mol. The van der Waals surface area contributed by atoms with E-state index >= 15 is 0 Å². The van der Waals surface area contributed by atoms with E-state index in [9.17, 15) is 9.59 Å². The smallest absolute Gasteiger partial charge is 0.333 e. The molecule has 10 heteroatoms. The molecule has 0 radical (unpaired) electrons. The van der Waals surface area contributed by atoms with Crippen molar-refractivity contribution < 1.29 is 28.5 Å². The van der Waals surface area contributed by atoms with E-state index in [1.165, 1.54) is 0 Å². The standard InChI is InChI=1S/C33H40Br4O6/c1-11-25(42-31(38)17(3)4)19(7)40-29-23(34)15-13-21(27(29)36)33(9,10)22-14-16-24(35)30(28(22)37)41-20(8)26(12-2)43-32(39)18(5)6/h13-16,19-20,25-26H,3,5,11-12H2,1-2,4,6-10H3. The van der Waals surface area contributed by atoms with Gasteiger partial charge in [-0.05, 0) is 128 Å². The lowest BCUT2D eigenvalue weighted by atomic mass is 9.78. The SMILES string of the molecule is C=C(C)C(=O)OC(CC)C(C)Oc1c(Br)ccc(C(C)(C)c2ccc(Br)c(OC(C)C(CC)OC(=O)C(=C)C)c2Br)c1Br. The van der Waals surface area contributed by atoms with Gasteiger partial charge in [-0.1, -0.05) is 53.0 Å². The van der Waals surface area contributed by atoms with Gasteiger partial charge in [-0.15, -0.1) is 0 Å². The van der Waals surface area contributed by atoms with Crippen LogP contribution >= 0.6 is 63.7 Å². The molecule has 0 amide bonds. The van der Waals surface area contributed by atoms with Crippen LogP contribution in [-0.4, -0.2) is 36.4 Å². The maximum atomic E-state index is 12.2. The first-order valence-electron chi connectivity index (χ1n) is 14.0. The van der Waals surface area contributed by atoms with Crippen LogP contribution in [0.2, 0.25) is 0 Å². The van der Waals surface area contributed by atoms with E-state index in [0.717, 1.165) is 29.0 Å². The molecule has 0 saturated heterocycles. The summed E-state index contributed by atoms with van der Waals surface area (Å²) in [6, 6.07) is 7.95. The van der Waals surface area contributed by atoms with Gasteiger partial charge in [-0.2, -0.15) is 0 Å². The van der Waals surface area contributed by atoms with Crippen LogP contribution in [0.1, 0.15) is 79.4 Å². The van der Waals surface area contributed by atoms with E-state index in [4.69, 9.17) is 18.9 Å². The van der Waals surface area contributed by atoms with Crippen molar-refractivity contribution in [1.82, 2.24) is 0 Å². The molecule has 43 heavy (non-hydrogen) atoms. The molecule has 6 nitrogen and oxygen atoms in total. The third-order valence-electron chi connectivity index (χ3n) is 7.12. The normalized spacial score (nSPS) is 14.2. The molecule has 0 N–H and O–H groups in total. The van der Waals surface area contributed by atoms with Crippen LogP contribution in [0.15, 0.2) is 66.5 Å². The lowest BCUT2D eigenvalue weighted by molar-refractivity contribution is -0.149. The summed E-state index contributed by atoms with van der Waals surface area (Å²) in [5.41, 5.74) is 2.08. The number of esters is 2. The Morgan fingerprint density at radius 3 is 1.33 bits per heavy atom. The molecule has 0 aliphatic heterocycles. The van der Waals surface area contributed by atoms with Crippen LogP contribution < -0.4 is 9.47 Å². The van der Waals surface area contributed by atoms with E-state index in [1.807, 2.05) is 52.0 Å². The van der Waals surface area contributed by atoms with Gasteiger partial charge in [0.05, 0.1) is 17.9 Å². The Morgan fingerprint density at radius 2 is 1.05 bits per heavy atom. The third kappa shape index (κ3) is 9.21. The number of carbonyl (C=O) groups excluding carboxylic acids is 2. The van der Waals surface area contributed by atoms with Crippen molar-refractivity contribution in [3.63, 3.8) is 0 Å². The van der Waals surface area contributed by atoms with Crippen LogP contribution in [0.25, 0.3) is 0 Å². The zero-order chi connectivity index (χ0) is 32.8. The summed E-state index contributed by atoms with van der Waals surface area (Å²) >= 11 is 14.9. The Hall–Kier alpha value is -1.62. The summed E-state index contributed by atoms with van der Waals surface area (Å²) in [6.07, 6.45) is -0.596. The predicted octanol–water partition coefficient (Wildman–Crippen LogP) is 10.4. The highest BCUT2D eigenvalue weighted by atomic mass is 79.9. The number of hydrogen-bond donors (Lipinski definition) is 0. The van der Waals surface area contributed by atoms with E-state index in [0.29, 0.717) is 35.5 Å². The van der Waals surface area contributed by atoms with Crippen LogP contribution in [0.4, 0.5) is 0 Å². The van der Waals surface area contributed by atoms with Crippen LogP contribution in [0.5, 0.6) is 11.5 Å². The third-order valence-corrected chi connectivity index (χ3v) is 9.94. The largest absolute Gasteiger partial charge is 0.484 e. The molecule has 236 valence electrons. The molecule has 4 atom stereocenters. The van der Waals surface area contributed by atoms with Crippen molar-refractivity contribution in [2.75, 3.05) is 0 Å². The molecule has 0 heterocycles. The fourth-order valence-corrected chi connectivity index (χ4v) is 7.66. The summed E-state index contributed by atoms with van der Waals surface area (Å²) < 4.78 is 27.1. The maximum Gasteiger partial charge on any atom is 0.333 e. The summed E-state index contributed by atoms with van der Waals surface area (Å²) in [5.74, 6) is 0.321. The number of benzene rings is 2. The van der Waals surface area contributed by atoms with Gasteiger partial charge in [0.2, 0.25) is 0 Å². The number of ether oxygens (including phenoxy) is 4. The number of halogens is 4. The molecule has 4 unspecified atom stereocenters. The van der Waals surface area contributed by atoms with Gasteiger partial charge in [0, 0.05) is 16.6 Å². The van der Waals surface area contributed by atoms with Crippen molar-refractivity contribution in [1.29, 1.82) is 0 Å². The molecule has 2 aromatic carbocycles. The Bertz CT molecular complexity index is 1270. The average Bonchev–Trinajstić information content (AvgIpc) is 2.93. The van der Waals surface area contributed by atoms with Crippen LogP contribution in [0.3, 0.4) is 0 Å². The van der Waals surface area contributed by atoms with Crippen molar-refractivity contribution in [3.8, 4) is 11.5 Å².